The predicted octanol–water partition coefficient (Wildman–Crippen LogP) is 2.65. The van der Waals surface area contributed by atoms with E-state index in [1.54, 1.807) is 49.6 Å². The summed E-state index contributed by atoms with van der Waals surface area (Å²) in [6.45, 7) is 0.125. The third-order valence-electron chi connectivity index (χ3n) is 3.67. The quantitative estimate of drug-likeness (QED) is 0.672. The largest absolute Gasteiger partial charge is 0.497 e. The van der Waals surface area contributed by atoms with Gasteiger partial charge in [-0.15, -0.1) is 5.10 Å². The number of urea groups is 1. The normalized spacial score (nSPS) is 10.3. The van der Waals surface area contributed by atoms with Gasteiger partial charge in [0, 0.05) is 11.1 Å². The maximum absolute atomic E-state index is 12.2. The van der Waals surface area contributed by atoms with Crippen molar-refractivity contribution in [1.29, 1.82) is 0 Å². The van der Waals surface area contributed by atoms with Crippen LogP contribution in [0.1, 0.15) is 5.82 Å². The summed E-state index contributed by atoms with van der Waals surface area (Å²) < 4.78 is 11.9. The van der Waals surface area contributed by atoms with Gasteiger partial charge in [-0.1, -0.05) is 11.6 Å². The van der Waals surface area contributed by atoms with Crippen LogP contribution in [0.2, 0.25) is 5.02 Å². The van der Waals surface area contributed by atoms with Crippen molar-refractivity contribution in [3.05, 3.63) is 53.3 Å². The van der Waals surface area contributed by atoms with Crippen LogP contribution in [0, 0.1) is 0 Å². The van der Waals surface area contributed by atoms with Crippen molar-refractivity contribution in [2.75, 3.05) is 19.5 Å². The Labute approximate surface area is 160 Å². The van der Waals surface area contributed by atoms with E-state index in [4.69, 9.17) is 21.1 Å². The molecule has 27 heavy (non-hydrogen) atoms. The molecule has 0 radical (unpaired) electrons. The zero-order valence-electron chi connectivity index (χ0n) is 14.6. The van der Waals surface area contributed by atoms with Gasteiger partial charge in [0.25, 0.3) is 0 Å². The number of nitrogens with one attached hydrogen (secondary N) is 2. The predicted molar refractivity (Wildman–Crippen MR) is 99.6 cm³/mol. The number of rotatable bonds is 6. The molecule has 3 rings (SSSR count). The first kappa shape index (κ1) is 18.5. The van der Waals surface area contributed by atoms with Gasteiger partial charge in [-0.2, -0.15) is 4.68 Å². The first-order valence-corrected chi connectivity index (χ1v) is 8.28. The highest BCUT2D eigenvalue weighted by atomic mass is 35.5. The van der Waals surface area contributed by atoms with Crippen LogP contribution in [-0.4, -0.2) is 40.5 Å². The van der Waals surface area contributed by atoms with Gasteiger partial charge in [0.15, 0.2) is 5.82 Å². The number of carbonyl (C=O) groups is 1. The van der Waals surface area contributed by atoms with E-state index in [0.717, 1.165) is 5.69 Å². The summed E-state index contributed by atoms with van der Waals surface area (Å²) in [5.41, 5.74) is 1.24. The molecule has 2 aromatic carbocycles. The molecule has 0 saturated carbocycles. The molecule has 0 aliphatic carbocycles. The lowest BCUT2D eigenvalue weighted by molar-refractivity contribution is 0.251. The highest BCUT2D eigenvalue weighted by molar-refractivity contribution is 6.30. The van der Waals surface area contributed by atoms with E-state index in [9.17, 15) is 4.79 Å². The number of hydrogen-bond donors (Lipinski definition) is 2. The third kappa shape index (κ3) is 4.45. The summed E-state index contributed by atoms with van der Waals surface area (Å²) in [5.74, 6) is 1.57. The SMILES string of the molecule is COc1ccc(NC(=O)NCc2nnnn2-c2ccc(Cl)cc2)c(OC)c1. The minimum Gasteiger partial charge on any atom is -0.497 e. The van der Waals surface area contributed by atoms with Crippen molar-refractivity contribution >= 4 is 23.3 Å². The number of tetrazole rings is 1. The topological polar surface area (TPSA) is 103 Å². The number of anilines is 1. The second-order valence-corrected chi connectivity index (χ2v) is 5.79. The van der Waals surface area contributed by atoms with Crippen LogP contribution >= 0.6 is 11.6 Å². The molecule has 10 heteroatoms. The van der Waals surface area contributed by atoms with Crippen molar-refractivity contribution in [1.82, 2.24) is 25.5 Å². The van der Waals surface area contributed by atoms with E-state index < -0.39 is 6.03 Å². The maximum Gasteiger partial charge on any atom is 0.319 e. The first-order chi connectivity index (χ1) is 13.1. The lowest BCUT2D eigenvalue weighted by Crippen LogP contribution is -2.29. The Hall–Kier alpha value is -3.33. The van der Waals surface area contributed by atoms with Crippen LogP contribution in [0.5, 0.6) is 11.5 Å². The second kappa shape index (κ2) is 8.37. The van der Waals surface area contributed by atoms with E-state index in [2.05, 4.69) is 26.2 Å². The van der Waals surface area contributed by atoms with Crippen LogP contribution in [0.15, 0.2) is 42.5 Å². The Morgan fingerprint density at radius 2 is 1.93 bits per heavy atom. The second-order valence-electron chi connectivity index (χ2n) is 5.36. The Morgan fingerprint density at radius 1 is 1.15 bits per heavy atom. The van der Waals surface area contributed by atoms with E-state index in [-0.39, 0.29) is 6.54 Å². The molecule has 0 spiro atoms. The van der Waals surface area contributed by atoms with Gasteiger partial charge in [-0.25, -0.2) is 4.79 Å². The summed E-state index contributed by atoms with van der Waals surface area (Å²) in [7, 11) is 3.07. The number of aromatic nitrogens is 4. The molecular weight excluding hydrogens is 372 g/mol. The van der Waals surface area contributed by atoms with Gasteiger partial charge in [0.1, 0.15) is 11.5 Å². The Balaban J connectivity index is 1.65. The van der Waals surface area contributed by atoms with Crippen molar-refractivity contribution in [3.8, 4) is 17.2 Å². The van der Waals surface area contributed by atoms with E-state index in [1.807, 2.05) is 0 Å². The molecule has 0 aliphatic rings. The van der Waals surface area contributed by atoms with Crippen molar-refractivity contribution in [2.45, 2.75) is 6.54 Å². The number of benzene rings is 2. The highest BCUT2D eigenvalue weighted by Gasteiger charge is 2.12. The van der Waals surface area contributed by atoms with Gasteiger partial charge in [0.05, 0.1) is 32.1 Å². The number of amides is 2. The molecule has 1 aromatic heterocycles. The molecule has 0 unspecified atom stereocenters. The molecular formula is C17H17ClN6O3. The standard InChI is InChI=1S/C17H17ClN6O3/c1-26-13-7-8-14(15(9-13)27-2)20-17(25)19-10-16-21-22-23-24(16)12-5-3-11(18)4-6-12/h3-9H,10H2,1-2H3,(H2,19,20,25). The average Bonchev–Trinajstić information content (AvgIpc) is 3.16. The summed E-state index contributed by atoms with van der Waals surface area (Å²) in [5, 5.41) is 17.6. The Bertz CT molecular complexity index is 929. The average molecular weight is 389 g/mol. The molecule has 0 aliphatic heterocycles. The first-order valence-electron chi connectivity index (χ1n) is 7.91. The molecule has 0 atom stereocenters. The van der Waals surface area contributed by atoms with Crippen LogP contribution < -0.4 is 20.1 Å². The zero-order valence-corrected chi connectivity index (χ0v) is 15.4. The molecule has 140 valence electrons. The third-order valence-corrected chi connectivity index (χ3v) is 3.92. The van der Waals surface area contributed by atoms with Crippen LogP contribution in [0.4, 0.5) is 10.5 Å². The van der Waals surface area contributed by atoms with E-state index >= 15 is 0 Å². The number of halogens is 1. The molecule has 0 fully saturated rings. The monoisotopic (exact) mass is 388 g/mol. The smallest absolute Gasteiger partial charge is 0.319 e. The zero-order chi connectivity index (χ0) is 19.2. The summed E-state index contributed by atoms with van der Waals surface area (Å²) in [4.78, 5) is 12.2. The lowest BCUT2D eigenvalue weighted by atomic mass is 10.2. The number of nitrogens with zero attached hydrogens (tertiary/aromatic N) is 4. The molecule has 0 bridgehead atoms. The molecule has 0 saturated heterocycles. The van der Waals surface area contributed by atoms with Crippen molar-refractivity contribution in [2.24, 2.45) is 0 Å². The lowest BCUT2D eigenvalue weighted by Gasteiger charge is -2.12. The summed E-state index contributed by atoms with van der Waals surface area (Å²) in [6, 6.07) is 11.7. The van der Waals surface area contributed by atoms with Gasteiger partial charge in [-0.3, -0.25) is 0 Å². The van der Waals surface area contributed by atoms with Crippen LogP contribution in [0.3, 0.4) is 0 Å². The summed E-state index contributed by atoms with van der Waals surface area (Å²) in [6.07, 6.45) is 0. The number of carbonyl (C=O) groups excluding carboxylic acids is 1. The minimum absolute atomic E-state index is 0.125. The van der Waals surface area contributed by atoms with Crippen molar-refractivity contribution < 1.29 is 14.3 Å². The maximum atomic E-state index is 12.2. The Morgan fingerprint density at radius 3 is 2.63 bits per heavy atom. The molecule has 2 amide bonds. The molecule has 9 nitrogen and oxygen atoms in total. The Kier molecular flexibility index (Phi) is 5.72. The van der Waals surface area contributed by atoms with Crippen molar-refractivity contribution in [3.63, 3.8) is 0 Å². The highest BCUT2D eigenvalue weighted by Crippen LogP contribution is 2.28. The molecule has 3 aromatic rings. The van der Waals surface area contributed by atoms with Gasteiger partial charge in [-0.05, 0) is 46.8 Å². The van der Waals surface area contributed by atoms with Gasteiger partial charge < -0.3 is 20.1 Å². The van der Waals surface area contributed by atoms with E-state index in [1.165, 1.54) is 11.8 Å². The van der Waals surface area contributed by atoms with Gasteiger partial charge in [0.2, 0.25) is 0 Å². The fourth-order valence-corrected chi connectivity index (χ4v) is 2.45. The van der Waals surface area contributed by atoms with Crippen LogP contribution in [-0.2, 0) is 6.54 Å². The number of hydrogen-bond acceptors (Lipinski definition) is 6. The molecule has 2 N–H and O–H groups in total. The number of methoxy groups -OCH3 is 2. The molecule has 1 heterocycles. The fraction of sp³-hybridized carbons (Fsp3) is 0.176. The van der Waals surface area contributed by atoms with Gasteiger partial charge >= 0.3 is 6.03 Å². The number of ether oxygens (including phenoxy) is 2. The minimum atomic E-state index is -0.427. The summed E-state index contributed by atoms with van der Waals surface area (Å²) >= 11 is 5.89. The van der Waals surface area contributed by atoms with E-state index in [0.29, 0.717) is 28.0 Å². The van der Waals surface area contributed by atoms with Crippen LogP contribution in [0.25, 0.3) is 5.69 Å². The fourth-order valence-electron chi connectivity index (χ4n) is 2.33.